The van der Waals surface area contributed by atoms with Gasteiger partial charge >= 0.3 is 6.15 Å². The van der Waals surface area contributed by atoms with Gasteiger partial charge < -0.3 is 4.74 Å². The van der Waals surface area contributed by atoms with Crippen molar-refractivity contribution in [1.29, 1.82) is 0 Å². The van der Waals surface area contributed by atoms with E-state index in [2.05, 4.69) is 51.8 Å². The first-order valence-corrected chi connectivity index (χ1v) is 7.94. The van der Waals surface area contributed by atoms with Crippen LogP contribution in [0.15, 0.2) is 64.6 Å². The zero-order valence-electron chi connectivity index (χ0n) is 12.9. The summed E-state index contributed by atoms with van der Waals surface area (Å²) in [4.78, 5) is 17.4. The Hall–Kier alpha value is -2.89. The molecule has 1 heterocycles. The number of carbonyl (C=O) groups excluding carboxylic acids is 2. The summed E-state index contributed by atoms with van der Waals surface area (Å²) in [5, 5.41) is 11.3. The number of hydrogen-bond donors (Lipinski definition) is 1. The van der Waals surface area contributed by atoms with Gasteiger partial charge in [0.2, 0.25) is 0 Å². The van der Waals surface area contributed by atoms with Crippen molar-refractivity contribution in [2.24, 2.45) is 0 Å². The lowest BCUT2D eigenvalue weighted by atomic mass is 10.1. The number of rotatable bonds is 5. The van der Waals surface area contributed by atoms with Crippen LogP contribution >= 0.6 is 11.8 Å². The standard InChI is InChI=1S/C16H15N3OS.CO2/c1-2-20-14-7-3-12(4-8-14)13-5-9-15(10-6-13)21-16-11-17-19-18-16;2-1-3/h3-11H,2H2,1H3,(H,17,18,19);. The third-order valence-corrected chi connectivity index (χ3v) is 3.88. The SMILES string of the molecule is CCOc1ccc(-c2ccc(Sc3cn[nH]n3)cc2)cc1.O=C=O. The van der Waals surface area contributed by atoms with E-state index in [0.29, 0.717) is 6.61 Å². The highest BCUT2D eigenvalue weighted by atomic mass is 32.2. The number of ether oxygens (including phenoxy) is 1. The summed E-state index contributed by atoms with van der Waals surface area (Å²) >= 11 is 1.58. The Balaban J connectivity index is 0.000000647. The van der Waals surface area contributed by atoms with Crippen molar-refractivity contribution in [3.05, 3.63) is 54.7 Å². The van der Waals surface area contributed by atoms with Gasteiger partial charge in [0.05, 0.1) is 12.8 Å². The molecule has 0 aliphatic carbocycles. The molecule has 6 nitrogen and oxygen atoms in total. The molecule has 0 radical (unpaired) electrons. The second-order valence-electron chi connectivity index (χ2n) is 4.48. The fourth-order valence-corrected chi connectivity index (χ4v) is 2.69. The smallest absolute Gasteiger partial charge is 0.373 e. The van der Waals surface area contributed by atoms with Gasteiger partial charge in [-0.25, -0.2) is 0 Å². The molecule has 7 heteroatoms. The summed E-state index contributed by atoms with van der Waals surface area (Å²) < 4.78 is 5.46. The molecule has 3 aromatic rings. The van der Waals surface area contributed by atoms with E-state index in [1.807, 2.05) is 19.1 Å². The van der Waals surface area contributed by atoms with Gasteiger partial charge in [-0.15, -0.1) is 5.10 Å². The number of aromatic amines is 1. The molecule has 0 atom stereocenters. The van der Waals surface area contributed by atoms with E-state index in [1.54, 1.807) is 18.0 Å². The number of H-pyrrole nitrogens is 1. The topological polar surface area (TPSA) is 84.9 Å². The molecule has 0 saturated carbocycles. The van der Waals surface area contributed by atoms with Crippen LogP contribution in [0.4, 0.5) is 0 Å². The highest BCUT2D eigenvalue weighted by Crippen LogP contribution is 2.28. The van der Waals surface area contributed by atoms with Crippen molar-refractivity contribution < 1.29 is 14.3 Å². The third kappa shape index (κ3) is 5.08. The molecule has 3 rings (SSSR count). The molecule has 0 saturated heterocycles. The first-order chi connectivity index (χ1) is 11.8. The van der Waals surface area contributed by atoms with E-state index >= 15 is 0 Å². The molecule has 0 aliphatic rings. The van der Waals surface area contributed by atoms with Gasteiger partial charge in [-0.1, -0.05) is 36.0 Å². The van der Waals surface area contributed by atoms with Crippen LogP contribution in [0, 0.1) is 0 Å². The Morgan fingerprint density at radius 3 is 2.12 bits per heavy atom. The maximum atomic E-state index is 8.12. The fourth-order valence-electron chi connectivity index (χ4n) is 1.99. The average molecular weight is 341 g/mol. The Morgan fingerprint density at radius 2 is 1.62 bits per heavy atom. The molecule has 0 aliphatic heterocycles. The van der Waals surface area contributed by atoms with Crippen LogP contribution in [0.5, 0.6) is 5.75 Å². The monoisotopic (exact) mass is 341 g/mol. The van der Waals surface area contributed by atoms with E-state index in [9.17, 15) is 0 Å². The zero-order chi connectivity index (χ0) is 17.2. The van der Waals surface area contributed by atoms with E-state index in [4.69, 9.17) is 14.3 Å². The van der Waals surface area contributed by atoms with Gasteiger partial charge in [-0.3, -0.25) is 0 Å². The third-order valence-electron chi connectivity index (χ3n) is 2.97. The lowest BCUT2D eigenvalue weighted by molar-refractivity contribution is -0.191. The summed E-state index contributed by atoms with van der Waals surface area (Å²) in [5.41, 5.74) is 2.36. The number of benzene rings is 2. The lowest BCUT2D eigenvalue weighted by Crippen LogP contribution is -1.90. The fraction of sp³-hybridized carbons (Fsp3) is 0.118. The molecule has 2 aromatic carbocycles. The highest BCUT2D eigenvalue weighted by Gasteiger charge is 2.02. The second-order valence-corrected chi connectivity index (χ2v) is 5.57. The van der Waals surface area contributed by atoms with Crippen LogP contribution in [-0.4, -0.2) is 28.2 Å². The Morgan fingerprint density at radius 1 is 1.04 bits per heavy atom. The summed E-state index contributed by atoms with van der Waals surface area (Å²) in [6.45, 7) is 2.67. The molecule has 0 bridgehead atoms. The van der Waals surface area contributed by atoms with E-state index in [0.717, 1.165) is 15.7 Å². The lowest BCUT2D eigenvalue weighted by Gasteiger charge is -2.06. The van der Waals surface area contributed by atoms with Crippen molar-refractivity contribution >= 4 is 17.9 Å². The number of nitrogens with one attached hydrogen (secondary N) is 1. The summed E-state index contributed by atoms with van der Waals surface area (Å²) in [5.74, 6) is 0.902. The minimum atomic E-state index is 0.250. The Bertz CT molecular complexity index is 766. The zero-order valence-corrected chi connectivity index (χ0v) is 13.7. The van der Waals surface area contributed by atoms with Crippen molar-refractivity contribution in [3.8, 4) is 16.9 Å². The molecule has 0 amide bonds. The molecule has 0 spiro atoms. The van der Waals surface area contributed by atoms with E-state index in [-0.39, 0.29) is 6.15 Å². The number of aromatic nitrogens is 3. The van der Waals surface area contributed by atoms with Gasteiger partial charge in [0, 0.05) is 4.90 Å². The summed E-state index contributed by atoms with van der Waals surface area (Å²) in [7, 11) is 0. The first-order valence-electron chi connectivity index (χ1n) is 7.13. The van der Waals surface area contributed by atoms with Crippen molar-refractivity contribution in [2.45, 2.75) is 16.8 Å². The van der Waals surface area contributed by atoms with Gasteiger partial charge in [0.1, 0.15) is 10.8 Å². The predicted molar refractivity (Wildman–Crippen MR) is 88.6 cm³/mol. The molecule has 0 unspecified atom stereocenters. The van der Waals surface area contributed by atoms with E-state index < -0.39 is 0 Å². The average Bonchev–Trinajstić information content (AvgIpc) is 3.10. The van der Waals surface area contributed by atoms with Gasteiger partial charge in [-0.05, 0) is 42.3 Å². The molecule has 0 fully saturated rings. The number of hydrogen-bond acceptors (Lipinski definition) is 6. The molecular weight excluding hydrogens is 326 g/mol. The van der Waals surface area contributed by atoms with Crippen LogP contribution in [0.25, 0.3) is 11.1 Å². The predicted octanol–water partition coefficient (Wildman–Crippen LogP) is 3.44. The minimum Gasteiger partial charge on any atom is -0.494 e. The van der Waals surface area contributed by atoms with Crippen LogP contribution in [-0.2, 0) is 9.59 Å². The van der Waals surface area contributed by atoms with Crippen LogP contribution < -0.4 is 4.74 Å². The van der Waals surface area contributed by atoms with Gasteiger partial charge in [-0.2, -0.15) is 19.9 Å². The largest absolute Gasteiger partial charge is 0.494 e. The maximum Gasteiger partial charge on any atom is 0.373 e. The minimum absolute atomic E-state index is 0.250. The van der Waals surface area contributed by atoms with Crippen molar-refractivity contribution in [3.63, 3.8) is 0 Å². The van der Waals surface area contributed by atoms with Gasteiger partial charge in [0.15, 0.2) is 0 Å². The quantitative estimate of drug-likeness (QED) is 0.765. The maximum absolute atomic E-state index is 8.12. The van der Waals surface area contributed by atoms with E-state index in [1.165, 1.54) is 11.1 Å². The highest BCUT2D eigenvalue weighted by molar-refractivity contribution is 7.99. The van der Waals surface area contributed by atoms with Crippen molar-refractivity contribution in [2.75, 3.05) is 6.61 Å². The number of nitrogens with zero attached hydrogens (tertiary/aromatic N) is 2. The van der Waals surface area contributed by atoms with Gasteiger partial charge in [0.25, 0.3) is 0 Å². The molecule has 122 valence electrons. The first kappa shape index (κ1) is 17.5. The molecule has 1 N–H and O–H groups in total. The second kappa shape index (κ2) is 9.29. The summed E-state index contributed by atoms with van der Waals surface area (Å²) in [6.07, 6.45) is 1.96. The van der Waals surface area contributed by atoms with Crippen molar-refractivity contribution in [1.82, 2.24) is 15.4 Å². The van der Waals surface area contributed by atoms with Crippen LogP contribution in [0.1, 0.15) is 6.92 Å². The molecule has 24 heavy (non-hydrogen) atoms. The summed E-state index contributed by atoms with van der Waals surface area (Å²) in [6, 6.07) is 16.5. The van der Waals surface area contributed by atoms with Crippen LogP contribution in [0.3, 0.4) is 0 Å². The Kier molecular flexibility index (Phi) is 6.76. The normalized spacial score (nSPS) is 9.54. The molecule has 1 aromatic heterocycles. The Labute approximate surface area is 143 Å². The van der Waals surface area contributed by atoms with Crippen LogP contribution in [0.2, 0.25) is 0 Å². The molecular formula is C17H15N3O3S.